The fraction of sp³-hybridized carbons (Fsp3) is 0.278. The molecular weight excluding hydrogens is 248 g/mol. The number of carbonyl (C=O) groups excluding carboxylic acids is 1. The molecule has 0 N–H and O–H groups in total. The lowest BCUT2D eigenvalue weighted by atomic mass is 9.86. The van der Waals surface area contributed by atoms with Gasteiger partial charge in [-0.3, -0.25) is 4.79 Å². The Bertz CT molecular complexity index is 543. The average molecular weight is 268 g/mol. The number of benzene rings is 2. The number of ether oxygens (including phenoxy) is 1. The Hall–Kier alpha value is -2.09. The molecule has 2 aromatic carbocycles. The summed E-state index contributed by atoms with van der Waals surface area (Å²) in [6.07, 6.45) is 1.13. The Balaban J connectivity index is 2.32. The van der Waals surface area contributed by atoms with Crippen LogP contribution in [-0.2, 0) is 4.79 Å². The van der Waals surface area contributed by atoms with Crippen LogP contribution in [0.2, 0.25) is 0 Å². The molecule has 0 saturated carbocycles. The Morgan fingerprint density at radius 2 is 1.60 bits per heavy atom. The molecule has 2 aromatic rings. The Kier molecular flexibility index (Phi) is 4.94. The predicted molar refractivity (Wildman–Crippen MR) is 81.2 cm³/mol. The highest BCUT2D eigenvalue weighted by molar-refractivity contribution is 5.79. The van der Waals surface area contributed by atoms with Crippen LogP contribution in [0.15, 0.2) is 54.6 Å². The summed E-state index contributed by atoms with van der Waals surface area (Å²) in [5.74, 6) is 1.24. The normalized spacial score (nSPS) is 11.9. The van der Waals surface area contributed by atoms with Crippen LogP contribution >= 0.6 is 0 Å². The molecule has 0 bridgehead atoms. The molecule has 104 valence electrons. The fourth-order valence-electron chi connectivity index (χ4n) is 2.32. The maximum Gasteiger partial charge on any atom is 0.133 e. The molecule has 0 radical (unpaired) electrons. The van der Waals surface area contributed by atoms with Crippen molar-refractivity contribution in [2.24, 2.45) is 0 Å². The SMILES string of the molecule is CCC(=O)CC(c1ccccc1)c1ccc(OC)cc1. The van der Waals surface area contributed by atoms with Gasteiger partial charge in [0.1, 0.15) is 11.5 Å². The van der Waals surface area contributed by atoms with Gasteiger partial charge in [0.25, 0.3) is 0 Å². The molecule has 0 aliphatic rings. The van der Waals surface area contributed by atoms with Gasteiger partial charge in [-0.2, -0.15) is 0 Å². The zero-order chi connectivity index (χ0) is 14.4. The summed E-state index contributed by atoms with van der Waals surface area (Å²) in [7, 11) is 1.66. The van der Waals surface area contributed by atoms with E-state index in [0.29, 0.717) is 12.8 Å². The minimum absolute atomic E-state index is 0.120. The standard InChI is InChI=1S/C18H20O2/c1-3-16(19)13-18(14-7-5-4-6-8-14)15-9-11-17(20-2)12-10-15/h4-12,18H,3,13H2,1-2H3. The first-order valence-electron chi connectivity index (χ1n) is 6.95. The van der Waals surface area contributed by atoms with Crippen molar-refractivity contribution in [3.8, 4) is 5.75 Å². The summed E-state index contributed by atoms with van der Waals surface area (Å²) >= 11 is 0. The molecule has 0 heterocycles. The lowest BCUT2D eigenvalue weighted by molar-refractivity contribution is -0.118. The van der Waals surface area contributed by atoms with Crippen LogP contribution in [0, 0.1) is 0 Å². The van der Waals surface area contributed by atoms with Gasteiger partial charge in [0, 0.05) is 18.8 Å². The van der Waals surface area contributed by atoms with Gasteiger partial charge in [-0.05, 0) is 23.3 Å². The van der Waals surface area contributed by atoms with Crippen LogP contribution in [0.25, 0.3) is 0 Å². The summed E-state index contributed by atoms with van der Waals surface area (Å²) in [6.45, 7) is 1.92. The van der Waals surface area contributed by atoms with Crippen molar-refractivity contribution >= 4 is 5.78 Å². The first-order valence-corrected chi connectivity index (χ1v) is 6.95. The van der Waals surface area contributed by atoms with Crippen molar-refractivity contribution in [1.82, 2.24) is 0 Å². The highest BCUT2D eigenvalue weighted by Crippen LogP contribution is 2.29. The second-order valence-corrected chi connectivity index (χ2v) is 4.83. The minimum atomic E-state index is 0.120. The molecule has 1 unspecified atom stereocenters. The van der Waals surface area contributed by atoms with E-state index in [1.54, 1.807) is 7.11 Å². The molecule has 2 heteroatoms. The van der Waals surface area contributed by atoms with Crippen molar-refractivity contribution in [3.05, 3.63) is 65.7 Å². The molecule has 0 amide bonds. The van der Waals surface area contributed by atoms with E-state index in [0.717, 1.165) is 11.3 Å². The molecular formula is C18H20O2. The lowest BCUT2D eigenvalue weighted by Gasteiger charge is -2.17. The molecule has 1 atom stereocenters. The van der Waals surface area contributed by atoms with E-state index < -0.39 is 0 Å². The van der Waals surface area contributed by atoms with E-state index in [1.807, 2.05) is 49.4 Å². The number of hydrogen-bond donors (Lipinski definition) is 0. The highest BCUT2D eigenvalue weighted by Gasteiger charge is 2.17. The van der Waals surface area contributed by atoms with Crippen molar-refractivity contribution in [2.75, 3.05) is 7.11 Å². The highest BCUT2D eigenvalue weighted by atomic mass is 16.5. The third-order valence-corrected chi connectivity index (χ3v) is 3.55. The number of Topliss-reactive ketones (excluding diaryl/α,β-unsaturated/α-hetero) is 1. The van der Waals surface area contributed by atoms with Gasteiger partial charge < -0.3 is 4.74 Å². The molecule has 0 aromatic heterocycles. The van der Waals surface area contributed by atoms with E-state index in [9.17, 15) is 4.79 Å². The first-order chi connectivity index (χ1) is 9.74. The number of ketones is 1. The zero-order valence-corrected chi connectivity index (χ0v) is 12.0. The second kappa shape index (κ2) is 6.90. The third kappa shape index (κ3) is 3.47. The van der Waals surface area contributed by atoms with Gasteiger partial charge in [0.05, 0.1) is 7.11 Å². The van der Waals surface area contributed by atoms with Crippen molar-refractivity contribution in [1.29, 1.82) is 0 Å². The summed E-state index contributed by atoms with van der Waals surface area (Å²) in [6, 6.07) is 18.2. The zero-order valence-electron chi connectivity index (χ0n) is 12.0. The molecule has 0 spiro atoms. The third-order valence-electron chi connectivity index (χ3n) is 3.55. The van der Waals surface area contributed by atoms with Crippen LogP contribution in [0.4, 0.5) is 0 Å². The number of carbonyl (C=O) groups is 1. The van der Waals surface area contributed by atoms with Gasteiger partial charge in [-0.1, -0.05) is 49.4 Å². The maximum atomic E-state index is 11.9. The van der Waals surface area contributed by atoms with Gasteiger partial charge in [-0.25, -0.2) is 0 Å². The average Bonchev–Trinajstić information content (AvgIpc) is 2.53. The molecule has 2 nitrogen and oxygen atoms in total. The Morgan fingerprint density at radius 1 is 1.00 bits per heavy atom. The summed E-state index contributed by atoms with van der Waals surface area (Å²) in [5, 5.41) is 0. The molecule has 0 aliphatic heterocycles. The van der Waals surface area contributed by atoms with Crippen LogP contribution < -0.4 is 4.74 Å². The molecule has 20 heavy (non-hydrogen) atoms. The summed E-state index contributed by atoms with van der Waals surface area (Å²) < 4.78 is 5.19. The van der Waals surface area contributed by atoms with Gasteiger partial charge in [-0.15, -0.1) is 0 Å². The lowest BCUT2D eigenvalue weighted by Crippen LogP contribution is -2.08. The molecule has 0 fully saturated rings. The molecule has 2 rings (SSSR count). The first kappa shape index (κ1) is 14.3. The minimum Gasteiger partial charge on any atom is -0.497 e. The van der Waals surface area contributed by atoms with Gasteiger partial charge in [0.2, 0.25) is 0 Å². The largest absolute Gasteiger partial charge is 0.497 e. The van der Waals surface area contributed by atoms with Gasteiger partial charge >= 0.3 is 0 Å². The maximum absolute atomic E-state index is 11.9. The van der Waals surface area contributed by atoms with Crippen molar-refractivity contribution < 1.29 is 9.53 Å². The number of hydrogen-bond acceptors (Lipinski definition) is 2. The topological polar surface area (TPSA) is 26.3 Å². The predicted octanol–water partition coefficient (Wildman–Crippen LogP) is 4.20. The van der Waals surface area contributed by atoms with E-state index in [2.05, 4.69) is 12.1 Å². The molecule has 0 aliphatic carbocycles. The van der Waals surface area contributed by atoms with E-state index in [1.165, 1.54) is 5.56 Å². The van der Waals surface area contributed by atoms with Crippen molar-refractivity contribution in [3.63, 3.8) is 0 Å². The smallest absolute Gasteiger partial charge is 0.133 e. The van der Waals surface area contributed by atoms with Gasteiger partial charge in [0.15, 0.2) is 0 Å². The monoisotopic (exact) mass is 268 g/mol. The summed E-state index contributed by atoms with van der Waals surface area (Å²) in [5.41, 5.74) is 2.33. The second-order valence-electron chi connectivity index (χ2n) is 4.83. The Labute approximate surface area is 120 Å². The Morgan fingerprint density at radius 3 is 2.15 bits per heavy atom. The summed E-state index contributed by atoms with van der Waals surface area (Å²) in [4.78, 5) is 11.9. The number of rotatable bonds is 6. The van der Waals surface area contributed by atoms with Crippen LogP contribution in [-0.4, -0.2) is 12.9 Å². The van der Waals surface area contributed by atoms with Crippen LogP contribution in [0.5, 0.6) is 5.75 Å². The van der Waals surface area contributed by atoms with Crippen LogP contribution in [0.1, 0.15) is 36.8 Å². The quantitative estimate of drug-likeness (QED) is 0.785. The number of methoxy groups -OCH3 is 1. The van der Waals surface area contributed by atoms with Crippen molar-refractivity contribution in [2.45, 2.75) is 25.7 Å². The fourth-order valence-corrected chi connectivity index (χ4v) is 2.32. The molecule has 0 saturated heterocycles. The van der Waals surface area contributed by atoms with Crippen LogP contribution in [0.3, 0.4) is 0 Å². The van der Waals surface area contributed by atoms with E-state index >= 15 is 0 Å². The van der Waals surface area contributed by atoms with E-state index in [4.69, 9.17) is 4.74 Å². The van der Waals surface area contributed by atoms with E-state index in [-0.39, 0.29) is 11.7 Å².